The van der Waals surface area contributed by atoms with E-state index in [1.165, 1.54) is 41.1 Å². The van der Waals surface area contributed by atoms with Gasteiger partial charge < -0.3 is 0 Å². The molecule has 0 spiro atoms. The minimum Gasteiger partial charge on any atom is -0.144 e. The first-order chi connectivity index (χ1) is 12.4. The van der Waals surface area contributed by atoms with Crippen molar-refractivity contribution in [3.05, 3.63) is 69.4 Å². The van der Waals surface area contributed by atoms with Crippen LogP contribution in [0.5, 0.6) is 0 Å². The Hall–Kier alpha value is -1.50. The molecule has 0 atom stereocenters. The van der Waals surface area contributed by atoms with Crippen LogP contribution in [0.3, 0.4) is 0 Å². The van der Waals surface area contributed by atoms with Crippen LogP contribution in [-0.4, -0.2) is 0 Å². The molecule has 122 valence electrons. The second kappa shape index (κ2) is 6.67. The molecular weight excluding hydrogens is 401 g/mol. The van der Waals surface area contributed by atoms with Crippen molar-refractivity contribution in [1.82, 2.24) is 0 Å². The van der Waals surface area contributed by atoms with Gasteiger partial charge in [-0.3, -0.25) is 0 Å². The summed E-state index contributed by atoms with van der Waals surface area (Å²) in [6.45, 7) is 0. The molecule has 0 radical (unpaired) electrons. The molecule has 0 bridgehead atoms. The van der Waals surface area contributed by atoms with Crippen molar-refractivity contribution in [2.75, 3.05) is 0 Å². The number of thiophene rings is 5. The van der Waals surface area contributed by atoms with Crippen LogP contribution in [0.1, 0.15) is 0 Å². The number of hydrogen-bond acceptors (Lipinski definition) is 5. The van der Waals surface area contributed by atoms with Gasteiger partial charge in [-0.2, -0.15) is 0 Å². The lowest BCUT2D eigenvalue weighted by Gasteiger charge is -2.06. The maximum Gasteiger partial charge on any atom is 0.0529 e. The van der Waals surface area contributed by atoms with Crippen LogP contribution >= 0.6 is 56.7 Å². The number of hydrogen-bond donors (Lipinski definition) is 0. The molecule has 0 amide bonds. The van der Waals surface area contributed by atoms with Gasteiger partial charge in [-0.15, -0.1) is 56.7 Å². The molecule has 5 heteroatoms. The van der Waals surface area contributed by atoms with E-state index in [4.69, 9.17) is 0 Å². The normalized spacial score (nSPS) is 11.2. The molecular formula is C20H12S5. The van der Waals surface area contributed by atoms with Crippen LogP contribution in [-0.2, 0) is 0 Å². The predicted octanol–water partition coefficient (Wildman–Crippen LogP) is 8.66. The Labute approximate surface area is 166 Å². The van der Waals surface area contributed by atoms with Gasteiger partial charge in [-0.05, 0) is 57.2 Å². The quantitative estimate of drug-likeness (QED) is 0.277. The molecule has 5 heterocycles. The third-order valence-electron chi connectivity index (χ3n) is 4.02. The van der Waals surface area contributed by atoms with E-state index < -0.39 is 0 Å². The van der Waals surface area contributed by atoms with Crippen molar-refractivity contribution < 1.29 is 0 Å². The average Bonchev–Trinajstić information content (AvgIpc) is 3.48. The van der Waals surface area contributed by atoms with Crippen molar-refractivity contribution in [3.63, 3.8) is 0 Å². The highest BCUT2D eigenvalue weighted by Crippen LogP contribution is 2.48. The van der Waals surface area contributed by atoms with Crippen LogP contribution in [0.4, 0.5) is 0 Å². The van der Waals surface area contributed by atoms with Gasteiger partial charge >= 0.3 is 0 Å². The fourth-order valence-corrected chi connectivity index (χ4v) is 7.54. The lowest BCUT2D eigenvalue weighted by atomic mass is 10.1. The molecule has 5 aromatic heterocycles. The van der Waals surface area contributed by atoms with E-state index >= 15 is 0 Å². The zero-order valence-corrected chi connectivity index (χ0v) is 17.1. The van der Waals surface area contributed by atoms with Crippen LogP contribution < -0.4 is 0 Å². The van der Waals surface area contributed by atoms with E-state index in [2.05, 4.69) is 69.4 Å². The van der Waals surface area contributed by atoms with Crippen molar-refractivity contribution in [1.29, 1.82) is 0 Å². The summed E-state index contributed by atoms with van der Waals surface area (Å²) in [5.74, 6) is 0. The highest BCUT2D eigenvalue weighted by Gasteiger charge is 2.19. The second-order valence-corrected chi connectivity index (χ2v) is 10.1. The van der Waals surface area contributed by atoms with Crippen LogP contribution in [0, 0.1) is 0 Å². The van der Waals surface area contributed by atoms with Crippen molar-refractivity contribution in [2.45, 2.75) is 0 Å². The molecule has 0 unspecified atom stereocenters. The molecule has 5 rings (SSSR count). The third kappa shape index (κ3) is 2.76. The standard InChI is InChI=1S/C20H12S5/c1-3-16(21-8-1)13-5-10-23-18(13)14-6-11-24-19(14)15-7-12-25-20(15)17-4-2-9-22-17/h1-12H. The molecule has 0 aliphatic rings. The van der Waals surface area contributed by atoms with Gasteiger partial charge in [0.1, 0.15) is 0 Å². The monoisotopic (exact) mass is 412 g/mol. The summed E-state index contributed by atoms with van der Waals surface area (Å²) in [7, 11) is 0. The average molecular weight is 413 g/mol. The van der Waals surface area contributed by atoms with E-state index in [0.717, 1.165) is 0 Å². The minimum atomic E-state index is 1.34. The molecule has 0 aromatic carbocycles. The molecule has 0 aliphatic heterocycles. The van der Waals surface area contributed by atoms with Crippen LogP contribution in [0.2, 0.25) is 0 Å². The lowest BCUT2D eigenvalue weighted by Crippen LogP contribution is -1.78. The van der Waals surface area contributed by atoms with Gasteiger partial charge in [0.05, 0.1) is 4.88 Å². The SMILES string of the molecule is c1csc(-c2ccsc2-c2ccsc2-c2ccsc2-c2cccs2)c1. The number of rotatable bonds is 4. The van der Waals surface area contributed by atoms with Gasteiger partial charge in [-0.1, -0.05) is 12.1 Å². The van der Waals surface area contributed by atoms with E-state index in [9.17, 15) is 0 Å². The summed E-state index contributed by atoms with van der Waals surface area (Å²) in [5, 5.41) is 10.9. The third-order valence-corrected chi connectivity index (χ3v) is 8.78. The van der Waals surface area contributed by atoms with Crippen molar-refractivity contribution in [2.24, 2.45) is 0 Å². The maximum atomic E-state index is 2.28. The first-order valence-electron chi connectivity index (χ1n) is 7.73. The Bertz CT molecular complexity index is 1000. The van der Waals surface area contributed by atoms with E-state index in [-0.39, 0.29) is 0 Å². The summed E-state index contributed by atoms with van der Waals surface area (Å²) < 4.78 is 0. The summed E-state index contributed by atoms with van der Waals surface area (Å²) in [6.07, 6.45) is 0. The fraction of sp³-hybridized carbons (Fsp3) is 0. The van der Waals surface area contributed by atoms with Crippen LogP contribution in [0.15, 0.2) is 69.4 Å². The smallest absolute Gasteiger partial charge is 0.0529 e. The zero-order chi connectivity index (χ0) is 16.6. The summed E-state index contributed by atoms with van der Waals surface area (Å²) >= 11 is 9.15. The summed E-state index contributed by atoms with van der Waals surface area (Å²) in [5.41, 5.74) is 4.08. The van der Waals surface area contributed by atoms with Gasteiger partial charge in [-0.25, -0.2) is 0 Å². The molecule has 5 aromatic rings. The first kappa shape index (κ1) is 15.7. The van der Waals surface area contributed by atoms with Crippen molar-refractivity contribution in [3.8, 4) is 41.1 Å². The highest BCUT2D eigenvalue weighted by molar-refractivity contribution is 7.22. The molecule has 0 aliphatic carbocycles. The molecule has 0 fully saturated rings. The topological polar surface area (TPSA) is 0 Å². The Balaban J connectivity index is 1.66. The molecule has 25 heavy (non-hydrogen) atoms. The zero-order valence-electron chi connectivity index (χ0n) is 13.0. The first-order valence-corrected chi connectivity index (χ1v) is 12.1. The fourth-order valence-electron chi connectivity index (χ4n) is 2.93. The van der Waals surface area contributed by atoms with E-state index in [1.54, 1.807) is 0 Å². The second-order valence-electron chi connectivity index (χ2n) is 5.44. The van der Waals surface area contributed by atoms with Crippen molar-refractivity contribution >= 4 is 56.7 Å². The molecule has 0 saturated carbocycles. The van der Waals surface area contributed by atoms with Crippen LogP contribution in [0.25, 0.3) is 41.1 Å². The Morgan fingerprint density at radius 2 is 0.920 bits per heavy atom. The van der Waals surface area contributed by atoms with E-state index in [0.29, 0.717) is 0 Å². The molecule has 0 saturated heterocycles. The summed E-state index contributed by atoms with van der Waals surface area (Å²) in [6, 6.07) is 15.5. The van der Waals surface area contributed by atoms with Gasteiger partial charge in [0.2, 0.25) is 0 Å². The Kier molecular flexibility index (Phi) is 4.19. The largest absolute Gasteiger partial charge is 0.144 e. The van der Waals surface area contributed by atoms with Gasteiger partial charge in [0.15, 0.2) is 0 Å². The Morgan fingerprint density at radius 3 is 1.56 bits per heavy atom. The molecule has 0 N–H and O–H groups in total. The Morgan fingerprint density at radius 1 is 0.400 bits per heavy atom. The van der Waals surface area contributed by atoms with Gasteiger partial charge in [0, 0.05) is 36.2 Å². The summed E-state index contributed by atoms with van der Waals surface area (Å²) in [4.78, 5) is 6.84. The lowest BCUT2D eigenvalue weighted by molar-refractivity contribution is 1.81. The predicted molar refractivity (Wildman–Crippen MR) is 118 cm³/mol. The van der Waals surface area contributed by atoms with E-state index in [1.807, 2.05) is 56.7 Å². The maximum absolute atomic E-state index is 2.28. The van der Waals surface area contributed by atoms with Gasteiger partial charge in [0.25, 0.3) is 0 Å². The highest BCUT2D eigenvalue weighted by atomic mass is 32.1. The minimum absolute atomic E-state index is 1.34. The molecule has 0 nitrogen and oxygen atoms in total.